The minimum atomic E-state index is -0.371. The van der Waals surface area contributed by atoms with Crippen molar-refractivity contribution < 1.29 is 4.39 Å². The van der Waals surface area contributed by atoms with E-state index in [9.17, 15) is 4.39 Å². The number of rotatable bonds is 2. The van der Waals surface area contributed by atoms with Crippen LogP contribution >= 0.6 is 0 Å². The molecule has 0 bridgehead atoms. The first-order valence-electron chi connectivity index (χ1n) is 3.61. The third kappa shape index (κ3) is 2.75. The Morgan fingerprint density at radius 1 is 1.17 bits per heavy atom. The molecule has 0 aromatic heterocycles. The van der Waals surface area contributed by atoms with Crippen LogP contribution in [0.2, 0.25) is 0 Å². The van der Waals surface area contributed by atoms with Gasteiger partial charge in [-0.3, -0.25) is 4.48 Å². The van der Waals surface area contributed by atoms with Crippen LogP contribution in [0.25, 0.3) is 0 Å². The average molecular weight is 277 g/mol. The Hall–Kier alpha value is -0.0913. The van der Waals surface area contributed by atoms with Crippen molar-refractivity contribution in [3.8, 4) is 0 Å². The van der Waals surface area contributed by atoms with Crippen LogP contribution in [-0.2, 0) is 0 Å². The standard InChI is InChI=1S/C9H13FN.Sn.4H/c1-11(2,8-10)9-6-4-3-5-7-9;;;;;/h3-7H,8H2,1-2H3;;;;;/q+1;;;;;. The van der Waals surface area contributed by atoms with E-state index in [2.05, 4.69) is 0 Å². The molecule has 0 saturated carbocycles. The van der Waals surface area contributed by atoms with Crippen LogP contribution in [0.1, 0.15) is 0 Å². The molecular weight excluding hydrogens is 260 g/mol. The van der Waals surface area contributed by atoms with Crippen LogP contribution < -0.4 is 4.48 Å². The van der Waals surface area contributed by atoms with Gasteiger partial charge in [-0.1, -0.05) is 18.2 Å². The molecule has 0 fully saturated rings. The van der Waals surface area contributed by atoms with E-state index in [4.69, 9.17) is 0 Å². The molecule has 0 aliphatic heterocycles. The van der Waals surface area contributed by atoms with Crippen molar-refractivity contribution in [3.05, 3.63) is 30.3 Å². The molecule has 1 aromatic carbocycles. The van der Waals surface area contributed by atoms with Gasteiger partial charge in [0.15, 0.2) is 0 Å². The van der Waals surface area contributed by atoms with Gasteiger partial charge in [-0.2, -0.15) is 4.39 Å². The quantitative estimate of drug-likeness (QED) is 0.425. The van der Waals surface area contributed by atoms with Crippen molar-refractivity contribution >= 4 is 29.6 Å². The van der Waals surface area contributed by atoms with Crippen molar-refractivity contribution in [1.82, 2.24) is 4.48 Å². The number of nitrogens with zero attached hydrogens (tertiary/aromatic N) is 1. The van der Waals surface area contributed by atoms with Gasteiger partial charge in [0.1, 0.15) is 5.69 Å². The summed E-state index contributed by atoms with van der Waals surface area (Å²) in [7, 11) is 3.69. The molecule has 0 atom stereocenters. The van der Waals surface area contributed by atoms with E-state index >= 15 is 0 Å². The maximum absolute atomic E-state index is 12.4. The predicted molar refractivity (Wildman–Crippen MR) is 57.4 cm³/mol. The molecule has 0 aliphatic rings. The summed E-state index contributed by atoms with van der Waals surface area (Å²) in [4.78, 5) is 0. The van der Waals surface area contributed by atoms with Crippen molar-refractivity contribution in [1.29, 1.82) is 0 Å². The number of alkyl halides is 1. The second-order valence-electron chi connectivity index (χ2n) is 3.14. The van der Waals surface area contributed by atoms with E-state index in [0.717, 1.165) is 5.69 Å². The fourth-order valence-electron chi connectivity index (χ4n) is 0.901. The zero-order chi connectivity index (χ0) is 8.32. The predicted octanol–water partition coefficient (Wildman–Crippen LogP) is 0.729. The van der Waals surface area contributed by atoms with Crippen LogP contribution in [0.15, 0.2) is 30.3 Å². The summed E-state index contributed by atoms with van der Waals surface area (Å²) in [5, 5.41) is 0. The molecule has 0 aliphatic carbocycles. The summed E-state index contributed by atoms with van der Waals surface area (Å²) in [5.74, 6) is 0. The SMILES string of the molecule is C[N+](C)(CF)c1ccccc1.[SnH4]. The Bertz CT molecular complexity index is 223. The molecular formula is C9H17FNSn+. The number of hydrogen-bond acceptors (Lipinski definition) is 0. The molecule has 12 heavy (non-hydrogen) atoms. The Morgan fingerprint density at radius 2 is 1.67 bits per heavy atom. The monoisotopic (exact) mass is 278 g/mol. The van der Waals surface area contributed by atoms with Gasteiger partial charge in [0, 0.05) is 0 Å². The zero-order valence-corrected chi connectivity index (χ0v) is 6.92. The summed E-state index contributed by atoms with van der Waals surface area (Å²) >= 11 is 0. The van der Waals surface area contributed by atoms with Crippen LogP contribution in [0, 0.1) is 0 Å². The Labute approximate surface area is 89.7 Å². The second-order valence-corrected chi connectivity index (χ2v) is 3.14. The summed E-state index contributed by atoms with van der Waals surface area (Å²) in [6, 6.07) is 9.64. The fourth-order valence-corrected chi connectivity index (χ4v) is 0.901. The summed E-state index contributed by atoms with van der Waals surface area (Å²) in [6.45, 7) is -0.371. The molecule has 68 valence electrons. The van der Waals surface area contributed by atoms with E-state index in [0.29, 0.717) is 4.48 Å². The molecule has 0 spiro atoms. The average Bonchev–Trinajstić information content (AvgIpc) is 2.06. The first-order chi connectivity index (χ1) is 5.17. The van der Waals surface area contributed by atoms with Crippen molar-refractivity contribution in [2.75, 3.05) is 20.9 Å². The van der Waals surface area contributed by atoms with E-state index in [1.807, 2.05) is 44.4 Å². The van der Waals surface area contributed by atoms with Gasteiger partial charge in [0.05, 0.1) is 14.1 Å². The van der Waals surface area contributed by atoms with Crippen molar-refractivity contribution in [2.24, 2.45) is 0 Å². The Kier molecular flexibility index (Phi) is 4.78. The normalized spacial score (nSPS) is 10.6. The maximum atomic E-state index is 12.4. The summed E-state index contributed by atoms with van der Waals surface area (Å²) in [6.07, 6.45) is 0. The van der Waals surface area contributed by atoms with Gasteiger partial charge in [0.2, 0.25) is 6.80 Å². The van der Waals surface area contributed by atoms with Gasteiger partial charge in [0.25, 0.3) is 0 Å². The van der Waals surface area contributed by atoms with Crippen molar-refractivity contribution in [2.45, 2.75) is 0 Å². The molecule has 0 N–H and O–H groups in total. The third-order valence-electron chi connectivity index (χ3n) is 1.75. The Balaban J connectivity index is 0.00000121. The van der Waals surface area contributed by atoms with Gasteiger partial charge in [-0.25, -0.2) is 0 Å². The number of halogens is 1. The number of benzene rings is 1. The topological polar surface area (TPSA) is 0 Å². The van der Waals surface area contributed by atoms with Crippen molar-refractivity contribution in [3.63, 3.8) is 0 Å². The third-order valence-corrected chi connectivity index (χ3v) is 1.75. The van der Waals surface area contributed by atoms with Gasteiger partial charge >= 0.3 is 23.9 Å². The van der Waals surface area contributed by atoms with Gasteiger partial charge in [-0.15, -0.1) is 0 Å². The molecule has 0 radical (unpaired) electrons. The first kappa shape index (κ1) is 11.9. The zero-order valence-electron chi connectivity index (χ0n) is 6.92. The first-order valence-corrected chi connectivity index (χ1v) is 3.61. The van der Waals surface area contributed by atoms with Crippen LogP contribution in [-0.4, -0.2) is 44.8 Å². The number of quaternary nitrogens is 1. The molecule has 1 nitrogen and oxygen atoms in total. The molecule has 0 amide bonds. The number of hydrogen-bond donors (Lipinski definition) is 0. The molecule has 0 unspecified atom stereocenters. The Morgan fingerprint density at radius 3 is 2.08 bits per heavy atom. The van der Waals surface area contributed by atoms with E-state index < -0.39 is 0 Å². The summed E-state index contributed by atoms with van der Waals surface area (Å²) < 4.78 is 12.7. The molecule has 1 rings (SSSR count). The van der Waals surface area contributed by atoms with Crippen LogP contribution in [0.5, 0.6) is 0 Å². The van der Waals surface area contributed by atoms with Crippen LogP contribution in [0.3, 0.4) is 0 Å². The van der Waals surface area contributed by atoms with E-state index in [1.165, 1.54) is 0 Å². The molecule has 0 saturated heterocycles. The van der Waals surface area contributed by atoms with Crippen LogP contribution in [0.4, 0.5) is 10.1 Å². The summed E-state index contributed by atoms with van der Waals surface area (Å²) in [5.41, 5.74) is 0.995. The van der Waals surface area contributed by atoms with Gasteiger partial charge < -0.3 is 0 Å². The molecule has 3 heteroatoms. The van der Waals surface area contributed by atoms with E-state index in [-0.39, 0.29) is 30.7 Å². The molecule has 0 heterocycles. The van der Waals surface area contributed by atoms with Gasteiger partial charge in [-0.05, 0) is 12.1 Å². The van der Waals surface area contributed by atoms with E-state index in [1.54, 1.807) is 0 Å². The fraction of sp³-hybridized carbons (Fsp3) is 0.333. The molecule has 1 aromatic rings. The minimum absolute atomic E-state index is 0. The number of para-hydroxylation sites is 1. The second kappa shape index (κ2) is 4.82.